The van der Waals surface area contributed by atoms with Crippen LogP contribution in [0.5, 0.6) is 0 Å². The van der Waals surface area contributed by atoms with E-state index in [1.54, 1.807) is 36.3 Å². The zero-order valence-corrected chi connectivity index (χ0v) is 14.3. The molecule has 4 heteroatoms. The topological polar surface area (TPSA) is 42.0 Å². The molecule has 1 amide bonds. The molecule has 0 aliphatic carbocycles. The summed E-state index contributed by atoms with van der Waals surface area (Å²) >= 11 is 1.58. The molecule has 0 spiro atoms. The van der Waals surface area contributed by atoms with E-state index in [1.807, 2.05) is 0 Å². The lowest BCUT2D eigenvalue weighted by Crippen LogP contribution is -2.14. The fourth-order valence-electron chi connectivity index (χ4n) is 2.00. The van der Waals surface area contributed by atoms with Crippen LogP contribution in [0.1, 0.15) is 31.9 Å². The van der Waals surface area contributed by atoms with E-state index in [0.29, 0.717) is 5.75 Å². The summed E-state index contributed by atoms with van der Waals surface area (Å²) in [6.07, 6.45) is 3.33. The normalized spacial score (nSPS) is 11.3. The van der Waals surface area contributed by atoms with E-state index in [9.17, 15) is 4.79 Å². The van der Waals surface area contributed by atoms with Crippen molar-refractivity contribution in [3.63, 3.8) is 0 Å². The van der Waals surface area contributed by atoms with Crippen molar-refractivity contribution in [2.24, 2.45) is 0 Å². The summed E-state index contributed by atoms with van der Waals surface area (Å²) in [6, 6.07) is 10.1. The number of hydrogen-bond acceptors (Lipinski definition) is 3. The highest BCUT2D eigenvalue weighted by Crippen LogP contribution is 2.29. The number of anilines is 1. The SMILES string of the molecule is Cc1ccc(C(C)(C)C)cc1SCC(=O)Nc1ccncc1. The first-order valence-corrected chi connectivity index (χ1v) is 8.28. The Morgan fingerprint density at radius 3 is 2.50 bits per heavy atom. The van der Waals surface area contributed by atoms with Crippen molar-refractivity contribution in [1.82, 2.24) is 4.98 Å². The van der Waals surface area contributed by atoms with Crippen LogP contribution in [0.3, 0.4) is 0 Å². The third kappa shape index (κ3) is 4.60. The molecule has 1 aromatic carbocycles. The lowest BCUT2D eigenvalue weighted by atomic mass is 9.87. The quantitative estimate of drug-likeness (QED) is 0.850. The molecule has 0 saturated heterocycles. The van der Waals surface area contributed by atoms with Gasteiger partial charge in [-0.15, -0.1) is 11.8 Å². The molecular formula is C18H22N2OS. The highest BCUT2D eigenvalue weighted by molar-refractivity contribution is 8.00. The van der Waals surface area contributed by atoms with E-state index in [2.05, 4.69) is 56.2 Å². The van der Waals surface area contributed by atoms with Gasteiger partial charge in [0.05, 0.1) is 5.75 Å². The molecule has 1 aromatic heterocycles. The summed E-state index contributed by atoms with van der Waals surface area (Å²) in [4.78, 5) is 17.1. The maximum Gasteiger partial charge on any atom is 0.234 e. The smallest absolute Gasteiger partial charge is 0.234 e. The first kappa shape index (κ1) is 16.6. The summed E-state index contributed by atoms with van der Waals surface area (Å²) in [5.41, 5.74) is 3.38. The second-order valence-corrected chi connectivity index (χ2v) is 7.32. The molecule has 1 N–H and O–H groups in total. The van der Waals surface area contributed by atoms with Gasteiger partial charge in [0.15, 0.2) is 0 Å². The molecule has 0 saturated carbocycles. The van der Waals surface area contributed by atoms with Crippen molar-refractivity contribution in [3.05, 3.63) is 53.9 Å². The second kappa shape index (κ2) is 6.97. The van der Waals surface area contributed by atoms with Gasteiger partial charge in [0.1, 0.15) is 0 Å². The Balaban J connectivity index is 2.00. The number of aryl methyl sites for hydroxylation is 1. The lowest BCUT2D eigenvalue weighted by molar-refractivity contribution is -0.113. The van der Waals surface area contributed by atoms with E-state index in [0.717, 1.165) is 10.6 Å². The van der Waals surface area contributed by atoms with Gasteiger partial charge >= 0.3 is 0 Å². The number of amides is 1. The largest absolute Gasteiger partial charge is 0.325 e. The second-order valence-electron chi connectivity index (χ2n) is 6.30. The number of aromatic nitrogens is 1. The molecule has 0 radical (unpaired) electrons. The van der Waals surface area contributed by atoms with Crippen LogP contribution in [0.2, 0.25) is 0 Å². The van der Waals surface area contributed by atoms with Gasteiger partial charge in [-0.2, -0.15) is 0 Å². The van der Waals surface area contributed by atoms with Crippen LogP contribution in [0.25, 0.3) is 0 Å². The minimum Gasteiger partial charge on any atom is -0.325 e. The number of nitrogens with zero attached hydrogens (tertiary/aromatic N) is 1. The van der Waals surface area contributed by atoms with Crippen LogP contribution in [0.4, 0.5) is 5.69 Å². The summed E-state index contributed by atoms with van der Waals surface area (Å²) in [7, 11) is 0. The third-order valence-corrected chi connectivity index (χ3v) is 4.53. The van der Waals surface area contributed by atoms with E-state index >= 15 is 0 Å². The number of hydrogen-bond donors (Lipinski definition) is 1. The van der Waals surface area contributed by atoms with E-state index in [-0.39, 0.29) is 11.3 Å². The van der Waals surface area contributed by atoms with Crippen molar-refractivity contribution in [3.8, 4) is 0 Å². The van der Waals surface area contributed by atoms with Crippen LogP contribution in [-0.2, 0) is 10.2 Å². The van der Waals surface area contributed by atoms with Crippen molar-refractivity contribution in [2.45, 2.75) is 38.0 Å². The minimum absolute atomic E-state index is 0.00300. The molecular weight excluding hydrogens is 292 g/mol. The number of carbonyl (C=O) groups is 1. The molecule has 2 aromatic rings. The third-order valence-electron chi connectivity index (χ3n) is 3.38. The monoisotopic (exact) mass is 314 g/mol. The summed E-state index contributed by atoms with van der Waals surface area (Å²) in [6.45, 7) is 8.67. The van der Waals surface area contributed by atoms with Gasteiger partial charge in [-0.05, 0) is 41.7 Å². The maximum absolute atomic E-state index is 12.0. The first-order valence-electron chi connectivity index (χ1n) is 7.30. The molecule has 0 bridgehead atoms. The molecule has 1 heterocycles. The number of rotatable bonds is 4. The van der Waals surface area contributed by atoms with Gasteiger partial charge < -0.3 is 5.32 Å². The molecule has 0 aliphatic heterocycles. The van der Waals surface area contributed by atoms with Gasteiger partial charge in [-0.1, -0.05) is 32.9 Å². The van der Waals surface area contributed by atoms with Gasteiger partial charge in [0.2, 0.25) is 5.91 Å². The summed E-state index contributed by atoms with van der Waals surface area (Å²) in [5.74, 6) is 0.397. The molecule has 0 aliphatic rings. The van der Waals surface area contributed by atoms with Crippen molar-refractivity contribution in [2.75, 3.05) is 11.1 Å². The summed E-state index contributed by atoms with van der Waals surface area (Å²) < 4.78 is 0. The van der Waals surface area contributed by atoms with Crippen LogP contribution < -0.4 is 5.32 Å². The van der Waals surface area contributed by atoms with Crippen molar-refractivity contribution < 1.29 is 4.79 Å². The zero-order chi connectivity index (χ0) is 16.2. The molecule has 2 rings (SSSR count). The van der Waals surface area contributed by atoms with Gasteiger partial charge in [-0.25, -0.2) is 0 Å². The molecule has 116 valence electrons. The lowest BCUT2D eigenvalue weighted by Gasteiger charge is -2.20. The Morgan fingerprint density at radius 1 is 1.18 bits per heavy atom. The van der Waals surface area contributed by atoms with E-state index < -0.39 is 0 Å². The fraction of sp³-hybridized carbons (Fsp3) is 0.333. The highest BCUT2D eigenvalue weighted by atomic mass is 32.2. The Kier molecular flexibility index (Phi) is 5.24. The standard InChI is InChI=1S/C18H22N2OS/c1-13-5-6-14(18(2,3)4)11-16(13)22-12-17(21)20-15-7-9-19-10-8-15/h5-11H,12H2,1-4H3,(H,19,20,21). The molecule has 0 atom stereocenters. The molecule has 3 nitrogen and oxygen atoms in total. The number of pyridine rings is 1. The predicted octanol–water partition coefficient (Wildman–Crippen LogP) is 4.42. The Hall–Kier alpha value is -1.81. The fourth-order valence-corrected chi connectivity index (χ4v) is 2.86. The van der Waals surface area contributed by atoms with Crippen LogP contribution in [-0.4, -0.2) is 16.6 Å². The first-order chi connectivity index (χ1) is 10.4. The number of thioether (sulfide) groups is 1. The average Bonchev–Trinajstić information content (AvgIpc) is 2.46. The van der Waals surface area contributed by atoms with Crippen LogP contribution in [0, 0.1) is 6.92 Å². The summed E-state index contributed by atoms with van der Waals surface area (Å²) in [5, 5.41) is 2.88. The number of carbonyl (C=O) groups excluding carboxylic acids is 1. The number of nitrogens with one attached hydrogen (secondary N) is 1. The van der Waals surface area contributed by atoms with Crippen LogP contribution in [0.15, 0.2) is 47.6 Å². The van der Waals surface area contributed by atoms with Crippen molar-refractivity contribution >= 4 is 23.4 Å². The Bertz CT molecular complexity index is 648. The van der Waals surface area contributed by atoms with Crippen molar-refractivity contribution in [1.29, 1.82) is 0 Å². The van der Waals surface area contributed by atoms with E-state index in [1.165, 1.54) is 11.1 Å². The van der Waals surface area contributed by atoms with Crippen LogP contribution >= 0.6 is 11.8 Å². The minimum atomic E-state index is -0.00300. The highest BCUT2D eigenvalue weighted by Gasteiger charge is 2.15. The Labute approximate surface area is 136 Å². The molecule has 22 heavy (non-hydrogen) atoms. The number of benzene rings is 1. The average molecular weight is 314 g/mol. The zero-order valence-electron chi connectivity index (χ0n) is 13.5. The van der Waals surface area contributed by atoms with Gasteiger partial charge in [0, 0.05) is 23.0 Å². The Morgan fingerprint density at radius 2 is 1.86 bits per heavy atom. The molecule has 0 fully saturated rings. The van der Waals surface area contributed by atoms with E-state index in [4.69, 9.17) is 0 Å². The predicted molar refractivity (Wildman–Crippen MR) is 93.5 cm³/mol. The van der Waals surface area contributed by atoms with Gasteiger partial charge in [-0.3, -0.25) is 9.78 Å². The molecule has 0 unspecified atom stereocenters. The maximum atomic E-state index is 12.0. The van der Waals surface area contributed by atoms with Gasteiger partial charge in [0.25, 0.3) is 0 Å².